The van der Waals surface area contributed by atoms with E-state index in [4.69, 9.17) is 9.84 Å². The fraction of sp³-hybridized carbons (Fsp3) is 0.833. The summed E-state index contributed by atoms with van der Waals surface area (Å²) in [4.78, 5) is 22.5. The minimum atomic E-state index is -1.15. The minimum Gasteiger partial charge on any atom is -0.480 e. The number of nitrogens with one attached hydrogen (secondary N) is 1. The van der Waals surface area contributed by atoms with Crippen LogP contribution in [-0.4, -0.2) is 40.0 Å². The molecule has 0 aromatic carbocycles. The first-order valence-electron chi connectivity index (χ1n) is 5.93. The van der Waals surface area contributed by atoms with Crippen LogP contribution in [0.4, 0.5) is 4.79 Å². The summed E-state index contributed by atoms with van der Waals surface area (Å²) in [5.74, 6) is -1.38. The summed E-state index contributed by atoms with van der Waals surface area (Å²) in [6.45, 7) is 8.39. The number of amides is 1. The summed E-state index contributed by atoms with van der Waals surface area (Å²) in [6.07, 6.45) is -1.26. The Kier molecular flexibility index (Phi) is 6.11. The second-order valence-electron chi connectivity index (χ2n) is 5.49. The highest BCUT2D eigenvalue weighted by Crippen LogP contribution is 2.12. The van der Waals surface area contributed by atoms with Crippen LogP contribution in [0.5, 0.6) is 0 Å². The van der Waals surface area contributed by atoms with E-state index in [1.807, 2.05) is 0 Å². The predicted octanol–water partition coefficient (Wildman–Crippen LogP) is 1.37. The van der Waals surface area contributed by atoms with Crippen molar-refractivity contribution in [2.24, 2.45) is 5.92 Å². The van der Waals surface area contributed by atoms with Crippen molar-refractivity contribution in [3.8, 4) is 0 Å². The van der Waals surface area contributed by atoms with Gasteiger partial charge in [0.2, 0.25) is 0 Å². The number of carbonyl (C=O) groups excluding carboxylic acids is 1. The summed E-state index contributed by atoms with van der Waals surface area (Å²) in [7, 11) is 0. The number of hydrogen-bond donors (Lipinski definition) is 3. The lowest BCUT2D eigenvalue weighted by atomic mass is 9.97. The van der Waals surface area contributed by atoms with E-state index in [2.05, 4.69) is 5.32 Å². The Morgan fingerprint density at radius 1 is 1.28 bits per heavy atom. The molecular weight excluding hydrogens is 238 g/mol. The second kappa shape index (κ2) is 6.58. The van der Waals surface area contributed by atoms with E-state index in [0.29, 0.717) is 0 Å². The molecular formula is C12H23NO5. The molecule has 6 heteroatoms. The Morgan fingerprint density at radius 3 is 2.11 bits per heavy atom. The van der Waals surface area contributed by atoms with Crippen molar-refractivity contribution in [3.05, 3.63) is 0 Å². The van der Waals surface area contributed by atoms with Crippen molar-refractivity contribution in [2.75, 3.05) is 0 Å². The average Bonchev–Trinajstić information content (AvgIpc) is 2.12. The molecule has 6 nitrogen and oxygen atoms in total. The number of carboxylic acids is 1. The maximum Gasteiger partial charge on any atom is 0.408 e. The zero-order chi connectivity index (χ0) is 14.5. The number of aliphatic carboxylic acids is 1. The van der Waals surface area contributed by atoms with E-state index < -0.39 is 29.8 Å². The molecule has 0 aliphatic heterocycles. The number of aliphatic hydroxyl groups is 1. The lowest BCUT2D eigenvalue weighted by Gasteiger charge is -2.24. The third kappa shape index (κ3) is 7.11. The molecule has 0 rings (SSSR count). The number of carbonyl (C=O) groups is 2. The number of ether oxygens (including phenoxy) is 1. The molecule has 1 amide bonds. The van der Waals surface area contributed by atoms with Crippen LogP contribution in [0.1, 0.15) is 41.0 Å². The fourth-order valence-electron chi connectivity index (χ4n) is 1.24. The SMILES string of the molecule is CC(C[C@H](NC(=O)OC(C)(C)C)C(=O)O)[C@@H](C)O. The van der Waals surface area contributed by atoms with Crippen LogP contribution in [0, 0.1) is 5.92 Å². The van der Waals surface area contributed by atoms with Gasteiger partial charge in [0.05, 0.1) is 6.10 Å². The molecule has 0 spiro atoms. The van der Waals surface area contributed by atoms with Gasteiger partial charge < -0.3 is 20.3 Å². The molecule has 0 aliphatic rings. The fourth-order valence-corrected chi connectivity index (χ4v) is 1.24. The topological polar surface area (TPSA) is 95.9 Å². The van der Waals surface area contributed by atoms with Crippen molar-refractivity contribution in [3.63, 3.8) is 0 Å². The average molecular weight is 261 g/mol. The molecule has 3 atom stereocenters. The zero-order valence-corrected chi connectivity index (χ0v) is 11.6. The summed E-state index contributed by atoms with van der Waals surface area (Å²) >= 11 is 0. The van der Waals surface area contributed by atoms with Crippen LogP contribution >= 0.6 is 0 Å². The predicted molar refractivity (Wildman–Crippen MR) is 66.3 cm³/mol. The van der Waals surface area contributed by atoms with Gasteiger partial charge in [0.1, 0.15) is 11.6 Å². The van der Waals surface area contributed by atoms with E-state index in [-0.39, 0.29) is 12.3 Å². The highest BCUT2D eigenvalue weighted by atomic mass is 16.6. The number of rotatable bonds is 5. The van der Waals surface area contributed by atoms with Crippen LogP contribution in [0.15, 0.2) is 0 Å². The molecule has 106 valence electrons. The molecule has 0 radical (unpaired) electrons. The van der Waals surface area contributed by atoms with Gasteiger partial charge in [-0.05, 0) is 40.0 Å². The summed E-state index contributed by atoms with van der Waals surface area (Å²) in [5.41, 5.74) is -0.678. The first-order valence-corrected chi connectivity index (χ1v) is 5.93. The Hall–Kier alpha value is -1.30. The van der Waals surface area contributed by atoms with Gasteiger partial charge in [-0.15, -0.1) is 0 Å². The van der Waals surface area contributed by atoms with Crippen LogP contribution in [0.2, 0.25) is 0 Å². The van der Waals surface area contributed by atoms with Crippen molar-refractivity contribution < 1.29 is 24.5 Å². The zero-order valence-electron chi connectivity index (χ0n) is 11.6. The Balaban J connectivity index is 4.46. The van der Waals surface area contributed by atoms with E-state index in [0.717, 1.165) is 0 Å². The molecule has 0 saturated heterocycles. The minimum absolute atomic E-state index is 0.145. The number of carboxylic acid groups (broad SMARTS) is 1. The monoisotopic (exact) mass is 261 g/mol. The number of aliphatic hydroxyl groups excluding tert-OH is 1. The molecule has 0 aromatic rings. The molecule has 0 fully saturated rings. The lowest BCUT2D eigenvalue weighted by molar-refractivity contribution is -0.140. The van der Waals surface area contributed by atoms with Crippen molar-refractivity contribution in [2.45, 2.75) is 58.8 Å². The Morgan fingerprint density at radius 2 is 1.78 bits per heavy atom. The van der Waals surface area contributed by atoms with E-state index in [1.54, 1.807) is 34.6 Å². The van der Waals surface area contributed by atoms with Crippen LogP contribution in [-0.2, 0) is 9.53 Å². The van der Waals surface area contributed by atoms with Gasteiger partial charge in [0, 0.05) is 0 Å². The van der Waals surface area contributed by atoms with Gasteiger partial charge in [-0.3, -0.25) is 0 Å². The van der Waals surface area contributed by atoms with Crippen molar-refractivity contribution in [1.29, 1.82) is 0 Å². The van der Waals surface area contributed by atoms with Crippen LogP contribution in [0.25, 0.3) is 0 Å². The van der Waals surface area contributed by atoms with E-state index in [1.165, 1.54) is 0 Å². The number of alkyl carbamates (subject to hydrolysis) is 1. The van der Waals surface area contributed by atoms with Crippen LogP contribution < -0.4 is 5.32 Å². The van der Waals surface area contributed by atoms with Gasteiger partial charge in [-0.25, -0.2) is 9.59 Å². The Labute approximate surface area is 107 Å². The summed E-state index contributed by atoms with van der Waals surface area (Å²) < 4.78 is 4.98. The first kappa shape index (κ1) is 16.7. The highest BCUT2D eigenvalue weighted by Gasteiger charge is 2.26. The number of hydrogen-bond acceptors (Lipinski definition) is 4. The molecule has 1 unspecified atom stereocenters. The third-order valence-electron chi connectivity index (χ3n) is 2.42. The second-order valence-corrected chi connectivity index (χ2v) is 5.49. The van der Waals surface area contributed by atoms with Gasteiger partial charge in [-0.1, -0.05) is 6.92 Å². The van der Waals surface area contributed by atoms with Gasteiger partial charge >= 0.3 is 12.1 Å². The van der Waals surface area contributed by atoms with E-state index in [9.17, 15) is 14.7 Å². The van der Waals surface area contributed by atoms with Gasteiger partial charge in [-0.2, -0.15) is 0 Å². The van der Waals surface area contributed by atoms with Crippen molar-refractivity contribution in [1.82, 2.24) is 5.32 Å². The molecule has 0 heterocycles. The summed E-state index contributed by atoms with van der Waals surface area (Å²) in [5, 5.41) is 20.6. The molecule has 0 saturated carbocycles. The normalized spacial score (nSPS) is 16.6. The molecule has 3 N–H and O–H groups in total. The molecule has 0 bridgehead atoms. The molecule has 18 heavy (non-hydrogen) atoms. The Bertz CT molecular complexity index is 295. The van der Waals surface area contributed by atoms with Crippen molar-refractivity contribution >= 4 is 12.1 Å². The third-order valence-corrected chi connectivity index (χ3v) is 2.42. The van der Waals surface area contributed by atoms with E-state index >= 15 is 0 Å². The first-order chi connectivity index (χ1) is 8.03. The maximum atomic E-state index is 11.5. The largest absolute Gasteiger partial charge is 0.480 e. The van der Waals surface area contributed by atoms with Crippen LogP contribution in [0.3, 0.4) is 0 Å². The summed E-state index contributed by atoms with van der Waals surface area (Å²) in [6, 6.07) is -1.07. The quantitative estimate of drug-likeness (QED) is 0.694. The lowest BCUT2D eigenvalue weighted by Crippen LogP contribution is -2.45. The standard InChI is InChI=1S/C12H23NO5/c1-7(8(2)14)6-9(10(15)16)13-11(17)18-12(3,4)5/h7-9,14H,6H2,1-5H3,(H,13,17)(H,15,16)/t7?,8-,9+/m1/s1. The molecule has 0 aromatic heterocycles. The van der Waals surface area contributed by atoms with Gasteiger partial charge in [0.25, 0.3) is 0 Å². The van der Waals surface area contributed by atoms with Gasteiger partial charge in [0.15, 0.2) is 0 Å². The smallest absolute Gasteiger partial charge is 0.408 e. The molecule has 0 aliphatic carbocycles. The maximum absolute atomic E-state index is 11.5. The highest BCUT2D eigenvalue weighted by molar-refractivity contribution is 5.80.